The largest absolute Gasteiger partial charge is 0.497 e. The zero-order valence-corrected chi connectivity index (χ0v) is 17.0. The Labute approximate surface area is 170 Å². The summed E-state index contributed by atoms with van der Waals surface area (Å²) in [5.74, 6) is 0.791. The van der Waals surface area contributed by atoms with Crippen LogP contribution in [0.4, 0.5) is 5.95 Å². The summed E-state index contributed by atoms with van der Waals surface area (Å²) in [6.07, 6.45) is 3.39. The number of nitrogens with two attached hydrogens (primary N) is 1. The zero-order valence-electron chi connectivity index (χ0n) is 16.2. The van der Waals surface area contributed by atoms with Gasteiger partial charge in [-0.05, 0) is 18.1 Å². The average Bonchev–Trinajstić information content (AvgIpc) is 3.24. The van der Waals surface area contributed by atoms with Crippen LogP contribution in [0.1, 0.15) is 5.56 Å². The molecule has 2 aromatic rings. The first kappa shape index (κ1) is 20.0. The predicted octanol–water partition coefficient (Wildman–Crippen LogP) is 0.182. The Morgan fingerprint density at radius 3 is 2.69 bits per heavy atom. The number of aliphatic hydroxyl groups is 1. The van der Waals surface area contributed by atoms with Crippen molar-refractivity contribution in [2.75, 3.05) is 45.6 Å². The van der Waals surface area contributed by atoms with Crippen molar-refractivity contribution in [3.63, 3.8) is 0 Å². The van der Waals surface area contributed by atoms with Crippen molar-refractivity contribution in [3.8, 4) is 5.75 Å². The number of anilines is 1. The summed E-state index contributed by atoms with van der Waals surface area (Å²) in [4.78, 5) is 10.5. The number of nitrogen functional groups attached to an aromatic ring is 1. The van der Waals surface area contributed by atoms with Gasteiger partial charge in [-0.1, -0.05) is 6.07 Å². The van der Waals surface area contributed by atoms with Crippen molar-refractivity contribution in [2.24, 2.45) is 11.3 Å². The molecule has 10 heteroatoms. The standard InChI is InChI=1S/C19H25N5O4S/c1-28-16-3-2-4-17(5-16)29(26,27)24-10-15-9-23(11-19(15,12-24)13-25)8-14-6-21-18(20)22-7-14/h2-7,15,25H,8-13H2,1H3,(H2,20,21,22). The molecule has 3 N–H and O–H groups in total. The lowest BCUT2D eigenvalue weighted by molar-refractivity contribution is 0.119. The van der Waals surface area contributed by atoms with Gasteiger partial charge < -0.3 is 15.6 Å². The van der Waals surface area contributed by atoms with Crippen LogP contribution in [0.15, 0.2) is 41.6 Å². The van der Waals surface area contributed by atoms with E-state index in [0.29, 0.717) is 38.5 Å². The molecule has 2 fully saturated rings. The molecule has 2 aliphatic heterocycles. The van der Waals surface area contributed by atoms with E-state index in [1.807, 2.05) is 0 Å². The van der Waals surface area contributed by atoms with Crippen molar-refractivity contribution < 1.29 is 18.3 Å². The molecule has 9 nitrogen and oxygen atoms in total. The predicted molar refractivity (Wildman–Crippen MR) is 106 cm³/mol. The van der Waals surface area contributed by atoms with E-state index in [4.69, 9.17) is 10.5 Å². The molecule has 3 heterocycles. The van der Waals surface area contributed by atoms with E-state index in [-0.39, 0.29) is 23.4 Å². The SMILES string of the molecule is COc1cccc(S(=O)(=O)N2CC3CN(Cc4cnc(N)nc4)CC3(CO)C2)c1. The van der Waals surface area contributed by atoms with Gasteiger partial charge in [0.15, 0.2) is 0 Å². The van der Waals surface area contributed by atoms with Crippen LogP contribution in [0.3, 0.4) is 0 Å². The number of likely N-dealkylation sites (tertiary alicyclic amines) is 1. The number of rotatable bonds is 6. The van der Waals surface area contributed by atoms with Gasteiger partial charge in [0, 0.05) is 62.2 Å². The van der Waals surface area contributed by atoms with Gasteiger partial charge in [0.25, 0.3) is 0 Å². The first-order valence-electron chi connectivity index (χ1n) is 9.40. The van der Waals surface area contributed by atoms with Crippen molar-refractivity contribution in [1.29, 1.82) is 0 Å². The molecular formula is C19H25N5O4S. The van der Waals surface area contributed by atoms with Gasteiger partial charge in [-0.3, -0.25) is 4.90 Å². The lowest BCUT2D eigenvalue weighted by atomic mass is 9.82. The molecule has 2 aliphatic rings. The fraction of sp³-hybridized carbons (Fsp3) is 0.474. The number of hydrogen-bond acceptors (Lipinski definition) is 8. The number of hydrogen-bond donors (Lipinski definition) is 2. The molecule has 0 bridgehead atoms. The van der Waals surface area contributed by atoms with Crippen LogP contribution in [-0.2, 0) is 16.6 Å². The number of methoxy groups -OCH3 is 1. The molecule has 0 aliphatic carbocycles. The molecule has 1 aromatic heterocycles. The number of aromatic nitrogens is 2. The van der Waals surface area contributed by atoms with Crippen LogP contribution in [0.5, 0.6) is 5.75 Å². The van der Waals surface area contributed by atoms with Crippen LogP contribution >= 0.6 is 0 Å². The topological polar surface area (TPSA) is 122 Å². The van der Waals surface area contributed by atoms with Crippen molar-refractivity contribution in [1.82, 2.24) is 19.2 Å². The fourth-order valence-electron chi connectivity index (χ4n) is 4.38. The second-order valence-corrected chi connectivity index (χ2v) is 9.75. The third-order valence-electron chi connectivity index (χ3n) is 5.92. The smallest absolute Gasteiger partial charge is 0.243 e. The Morgan fingerprint density at radius 1 is 1.28 bits per heavy atom. The molecule has 2 saturated heterocycles. The number of aliphatic hydroxyl groups excluding tert-OH is 1. The summed E-state index contributed by atoms with van der Waals surface area (Å²) in [6, 6.07) is 6.49. The Balaban J connectivity index is 1.50. The summed E-state index contributed by atoms with van der Waals surface area (Å²) in [5.41, 5.74) is 6.00. The maximum atomic E-state index is 13.1. The quantitative estimate of drug-likeness (QED) is 0.680. The van der Waals surface area contributed by atoms with Crippen molar-refractivity contribution in [2.45, 2.75) is 11.4 Å². The molecule has 2 unspecified atom stereocenters. The minimum atomic E-state index is -3.65. The molecule has 29 heavy (non-hydrogen) atoms. The molecule has 2 atom stereocenters. The Bertz CT molecular complexity index is 984. The molecule has 0 radical (unpaired) electrons. The molecular weight excluding hydrogens is 394 g/mol. The fourth-order valence-corrected chi connectivity index (χ4v) is 6.00. The minimum absolute atomic E-state index is 0.0579. The molecule has 0 spiro atoms. The van der Waals surface area contributed by atoms with Gasteiger partial charge in [-0.2, -0.15) is 4.31 Å². The number of sulfonamides is 1. The van der Waals surface area contributed by atoms with E-state index in [1.165, 1.54) is 17.5 Å². The first-order valence-corrected chi connectivity index (χ1v) is 10.8. The summed E-state index contributed by atoms with van der Waals surface area (Å²) in [7, 11) is -2.15. The summed E-state index contributed by atoms with van der Waals surface area (Å²) >= 11 is 0. The minimum Gasteiger partial charge on any atom is -0.497 e. The zero-order chi connectivity index (χ0) is 20.6. The van der Waals surface area contributed by atoms with Gasteiger partial charge in [0.2, 0.25) is 16.0 Å². The van der Waals surface area contributed by atoms with Crippen LogP contribution in [-0.4, -0.2) is 72.6 Å². The van der Waals surface area contributed by atoms with Crippen molar-refractivity contribution in [3.05, 3.63) is 42.2 Å². The van der Waals surface area contributed by atoms with Gasteiger partial charge >= 0.3 is 0 Å². The highest BCUT2D eigenvalue weighted by molar-refractivity contribution is 7.89. The number of fused-ring (bicyclic) bond motifs is 1. The average molecular weight is 420 g/mol. The van der Waals surface area contributed by atoms with E-state index < -0.39 is 15.4 Å². The maximum absolute atomic E-state index is 13.1. The van der Waals surface area contributed by atoms with E-state index in [2.05, 4.69) is 14.9 Å². The van der Waals surface area contributed by atoms with Crippen LogP contribution in [0.2, 0.25) is 0 Å². The highest BCUT2D eigenvalue weighted by Gasteiger charge is 2.54. The molecule has 1 aromatic carbocycles. The lowest BCUT2D eigenvalue weighted by Gasteiger charge is -2.27. The van der Waals surface area contributed by atoms with E-state index >= 15 is 0 Å². The van der Waals surface area contributed by atoms with Gasteiger partial charge in [0.1, 0.15) is 5.75 Å². The number of nitrogens with zero attached hydrogens (tertiary/aromatic N) is 4. The molecule has 0 saturated carbocycles. The van der Waals surface area contributed by atoms with E-state index in [1.54, 1.807) is 30.6 Å². The van der Waals surface area contributed by atoms with Crippen LogP contribution in [0.25, 0.3) is 0 Å². The van der Waals surface area contributed by atoms with Crippen LogP contribution < -0.4 is 10.5 Å². The monoisotopic (exact) mass is 419 g/mol. The van der Waals surface area contributed by atoms with Gasteiger partial charge in [0.05, 0.1) is 18.6 Å². The highest BCUT2D eigenvalue weighted by atomic mass is 32.2. The Morgan fingerprint density at radius 2 is 2.03 bits per heavy atom. The van der Waals surface area contributed by atoms with Crippen LogP contribution in [0, 0.1) is 11.3 Å². The third kappa shape index (κ3) is 3.68. The summed E-state index contributed by atoms with van der Waals surface area (Å²) < 4.78 is 32.9. The summed E-state index contributed by atoms with van der Waals surface area (Å²) in [6.45, 7) is 2.58. The molecule has 0 amide bonds. The van der Waals surface area contributed by atoms with E-state index in [0.717, 1.165) is 5.56 Å². The van der Waals surface area contributed by atoms with Gasteiger partial charge in [-0.15, -0.1) is 0 Å². The maximum Gasteiger partial charge on any atom is 0.243 e. The third-order valence-corrected chi connectivity index (χ3v) is 7.73. The summed E-state index contributed by atoms with van der Waals surface area (Å²) in [5, 5.41) is 10.2. The second kappa shape index (κ2) is 7.52. The first-order chi connectivity index (χ1) is 13.9. The second-order valence-electron chi connectivity index (χ2n) is 7.81. The normalized spacial score (nSPS) is 25.2. The Hall–Kier alpha value is -2.27. The number of benzene rings is 1. The Kier molecular flexibility index (Phi) is 5.19. The van der Waals surface area contributed by atoms with E-state index in [9.17, 15) is 13.5 Å². The highest BCUT2D eigenvalue weighted by Crippen LogP contribution is 2.44. The molecule has 156 valence electrons. The van der Waals surface area contributed by atoms with Crippen molar-refractivity contribution >= 4 is 16.0 Å². The van der Waals surface area contributed by atoms with Gasteiger partial charge in [-0.25, -0.2) is 18.4 Å². The molecule has 4 rings (SSSR count). The number of ether oxygens (including phenoxy) is 1. The lowest BCUT2D eigenvalue weighted by Crippen LogP contribution is -2.38.